The second kappa shape index (κ2) is 5.66. The molecule has 2 atom stereocenters. The SMILES string of the molecule is O=C(N[C@H]1CCC[C@@H]1F)OCc1ccccc1. The molecule has 1 N–H and O–H groups in total. The Hall–Kier alpha value is -1.58. The zero-order chi connectivity index (χ0) is 12.1. The van der Waals surface area contributed by atoms with Crippen molar-refractivity contribution >= 4 is 6.09 Å². The summed E-state index contributed by atoms with van der Waals surface area (Å²) in [6.45, 7) is 0.219. The molecule has 1 aromatic carbocycles. The van der Waals surface area contributed by atoms with Crippen LogP contribution in [0.4, 0.5) is 9.18 Å². The number of nitrogens with one attached hydrogen (secondary N) is 1. The molecule has 0 heterocycles. The number of alkyl carbamates (subject to hydrolysis) is 1. The van der Waals surface area contributed by atoms with Crippen molar-refractivity contribution in [3.05, 3.63) is 35.9 Å². The van der Waals surface area contributed by atoms with Gasteiger partial charge >= 0.3 is 6.09 Å². The Morgan fingerprint density at radius 2 is 2.12 bits per heavy atom. The normalized spacial score (nSPS) is 23.4. The molecule has 1 saturated carbocycles. The van der Waals surface area contributed by atoms with Crippen molar-refractivity contribution < 1.29 is 13.9 Å². The minimum atomic E-state index is -0.931. The molecule has 4 heteroatoms. The van der Waals surface area contributed by atoms with Crippen molar-refractivity contribution in [2.75, 3.05) is 0 Å². The minimum Gasteiger partial charge on any atom is -0.445 e. The lowest BCUT2D eigenvalue weighted by Gasteiger charge is -2.14. The topological polar surface area (TPSA) is 38.3 Å². The lowest BCUT2D eigenvalue weighted by atomic mass is 10.2. The van der Waals surface area contributed by atoms with Crippen LogP contribution in [0.2, 0.25) is 0 Å². The fourth-order valence-electron chi connectivity index (χ4n) is 1.99. The molecule has 0 unspecified atom stereocenters. The molecule has 1 amide bonds. The second-order valence-corrected chi connectivity index (χ2v) is 4.26. The summed E-state index contributed by atoms with van der Waals surface area (Å²) in [4.78, 5) is 11.4. The lowest BCUT2D eigenvalue weighted by molar-refractivity contribution is 0.130. The van der Waals surface area contributed by atoms with Crippen molar-refractivity contribution in [3.8, 4) is 0 Å². The van der Waals surface area contributed by atoms with Crippen LogP contribution in [-0.2, 0) is 11.3 Å². The van der Waals surface area contributed by atoms with Gasteiger partial charge in [0.05, 0.1) is 6.04 Å². The van der Waals surface area contributed by atoms with Crippen LogP contribution in [0.3, 0.4) is 0 Å². The van der Waals surface area contributed by atoms with E-state index in [1.165, 1.54) is 0 Å². The van der Waals surface area contributed by atoms with Gasteiger partial charge in [0.1, 0.15) is 12.8 Å². The van der Waals surface area contributed by atoms with E-state index < -0.39 is 12.3 Å². The number of carbonyl (C=O) groups excluding carboxylic acids is 1. The van der Waals surface area contributed by atoms with Crippen molar-refractivity contribution in [2.45, 2.75) is 38.1 Å². The molecule has 1 fully saturated rings. The average Bonchev–Trinajstić information content (AvgIpc) is 2.74. The zero-order valence-electron chi connectivity index (χ0n) is 9.56. The predicted octanol–water partition coefficient (Wildman–Crippen LogP) is 2.80. The largest absolute Gasteiger partial charge is 0.445 e. The summed E-state index contributed by atoms with van der Waals surface area (Å²) < 4.78 is 18.3. The van der Waals surface area contributed by atoms with Gasteiger partial charge in [-0.2, -0.15) is 0 Å². The Morgan fingerprint density at radius 3 is 2.76 bits per heavy atom. The first-order valence-electron chi connectivity index (χ1n) is 5.87. The Kier molecular flexibility index (Phi) is 3.96. The van der Waals surface area contributed by atoms with Crippen LogP contribution in [0.5, 0.6) is 0 Å². The van der Waals surface area contributed by atoms with E-state index >= 15 is 0 Å². The van der Waals surface area contributed by atoms with Gasteiger partial charge in [-0.15, -0.1) is 0 Å². The van der Waals surface area contributed by atoms with Gasteiger partial charge in [-0.3, -0.25) is 0 Å². The summed E-state index contributed by atoms with van der Waals surface area (Å²) in [6.07, 6.45) is 0.582. The van der Waals surface area contributed by atoms with E-state index in [2.05, 4.69) is 5.32 Å². The molecule has 0 aromatic heterocycles. The van der Waals surface area contributed by atoms with Gasteiger partial charge in [0.2, 0.25) is 0 Å². The van der Waals surface area contributed by atoms with Gasteiger partial charge in [-0.25, -0.2) is 9.18 Å². The number of ether oxygens (including phenoxy) is 1. The summed E-state index contributed by atoms with van der Waals surface area (Å²) in [5.41, 5.74) is 0.922. The average molecular weight is 237 g/mol. The highest BCUT2D eigenvalue weighted by atomic mass is 19.1. The van der Waals surface area contributed by atoms with E-state index in [0.717, 1.165) is 12.0 Å². The van der Waals surface area contributed by atoms with Crippen molar-refractivity contribution in [1.82, 2.24) is 5.32 Å². The lowest BCUT2D eigenvalue weighted by Crippen LogP contribution is -2.38. The predicted molar refractivity (Wildman–Crippen MR) is 62.3 cm³/mol. The highest BCUT2D eigenvalue weighted by molar-refractivity contribution is 5.67. The number of rotatable bonds is 3. The van der Waals surface area contributed by atoms with E-state index in [1.807, 2.05) is 30.3 Å². The fraction of sp³-hybridized carbons (Fsp3) is 0.462. The van der Waals surface area contributed by atoms with Gasteiger partial charge in [0.25, 0.3) is 0 Å². The Balaban J connectivity index is 1.74. The Morgan fingerprint density at radius 1 is 1.35 bits per heavy atom. The van der Waals surface area contributed by atoms with Gasteiger partial charge in [0.15, 0.2) is 0 Å². The van der Waals surface area contributed by atoms with E-state index in [9.17, 15) is 9.18 Å². The molecule has 0 aliphatic heterocycles. The highest BCUT2D eigenvalue weighted by Gasteiger charge is 2.28. The molecule has 92 valence electrons. The number of amides is 1. The third-order valence-electron chi connectivity index (χ3n) is 2.95. The van der Waals surface area contributed by atoms with Gasteiger partial charge < -0.3 is 10.1 Å². The molecule has 0 bridgehead atoms. The maximum absolute atomic E-state index is 13.2. The quantitative estimate of drug-likeness (QED) is 0.877. The molecular formula is C13H16FNO2. The molecule has 2 rings (SSSR count). The first kappa shape index (κ1) is 11.9. The van der Waals surface area contributed by atoms with Crippen molar-refractivity contribution in [1.29, 1.82) is 0 Å². The maximum atomic E-state index is 13.2. The second-order valence-electron chi connectivity index (χ2n) is 4.26. The van der Waals surface area contributed by atoms with Crippen LogP contribution < -0.4 is 5.32 Å². The number of hydrogen-bond acceptors (Lipinski definition) is 2. The van der Waals surface area contributed by atoms with E-state index in [4.69, 9.17) is 4.74 Å². The van der Waals surface area contributed by atoms with Crippen LogP contribution in [-0.4, -0.2) is 18.3 Å². The number of alkyl halides is 1. The van der Waals surface area contributed by atoms with Crippen LogP contribution in [0.15, 0.2) is 30.3 Å². The molecule has 0 radical (unpaired) electrons. The van der Waals surface area contributed by atoms with Gasteiger partial charge in [-0.05, 0) is 24.8 Å². The Labute approximate surface area is 100.0 Å². The molecule has 1 aromatic rings. The Bertz CT molecular complexity index is 369. The molecule has 17 heavy (non-hydrogen) atoms. The highest BCUT2D eigenvalue weighted by Crippen LogP contribution is 2.21. The van der Waals surface area contributed by atoms with Crippen LogP contribution in [0.1, 0.15) is 24.8 Å². The third-order valence-corrected chi connectivity index (χ3v) is 2.95. The molecule has 0 saturated heterocycles. The summed E-state index contributed by atoms with van der Waals surface area (Å²) in [5.74, 6) is 0. The van der Waals surface area contributed by atoms with Crippen molar-refractivity contribution in [3.63, 3.8) is 0 Å². The molecule has 1 aliphatic rings. The van der Waals surface area contributed by atoms with E-state index in [-0.39, 0.29) is 12.6 Å². The van der Waals surface area contributed by atoms with Gasteiger partial charge in [-0.1, -0.05) is 30.3 Å². The zero-order valence-corrected chi connectivity index (χ0v) is 9.56. The van der Waals surface area contributed by atoms with Crippen LogP contribution in [0.25, 0.3) is 0 Å². The summed E-state index contributed by atoms with van der Waals surface area (Å²) in [7, 11) is 0. The monoisotopic (exact) mass is 237 g/mol. The minimum absolute atomic E-state index is 0.219. The van der Waals surface area contributed by atoms with Crippen molar-refractivity contribution in [2.24, 2.45) is 0 Å². The summed E-state index contributed by atoms with van der Waals surface area (Å²) in [6, 6.07) is 9.03. The smallest absolute Gasteiger partial charge is 0.407 e. The molecule has 1 aliphatic carbocycles. The van der Waals surface area contributed by atoms with Crippen LogP contribution in [0, 0.1) is 0 Å². The summed E-state index contributed by atoms with van der Waals surface area (Å²) >= 11 is 0. The van der Waals surface area contributed by atoms with Gasteiger partial charge in [0, 0.05) is 0 Å². The number of halogens is 1. The first-order chi connectivity index (χ1) is 8.25. The summed E-state index contributed by atoms with van der Waals surface area (Å²) in [5, 5.41) is 2.56. The number of carbonyl (C=O) groups is 1. The molecular weight excluding hydrogens is 221 g/mol. The third kappa shape index (κ3) is 3.44. The number of benzene rings is 1. The standard InChI is InChI=1S/C13H16FNO2/c14-11-7-4-8-12(11)15-13(16)17-9-10-5-2-1-3-6-10/h1-3,5-6,11-12H,4,7-9H2,(H,15,16)/t11-,12-/m0/s1. The van der Waals surface area contributed by atoms with E-state index in [1.54, 1.807) is 0 Å². The number of hydrogen-bond donors (Lipinski definition) is 1. The van der Waals surface area contributed by atoms with Crippen LogP contribution >= 0.6 is 0 Å². The fourth-order valence-corrected chi connectivity index (χ4v) is 1.99. The maximum Gasteiger partial charge on any atom is 0.407 e. The molecule has 0 spiro atoms. The molecule has 3 nitrogen and oxygen atoms in total. The van der Waals surface area contributed by atoms with E-state index in [0.29, 0.717) is 12.8 Å². The first-order valence-corrected chi connectivity index (χ1v) is 5.87.